The first kappa shape index (κ1) is 14.4. The van der Waals surface area contributed by atoms with Crippen LogP contribution in [0.5, 0.6) is 0 Å². The zero-order valence-corrected chi connectivity index (χ0v) is 11.3. The molecular weight excluding hydrogens is 246 g/mol. The Balaban J connectivity index is 2.02. The summed E-state index contributed by atoms with van der Waals surface area (Å²) in [6.45, 7) is 2.27. The van der Waals surface area contributed by atoms with Gasteiger partial charge in [-0.3, -0.25) is 11.3 Å². The molecule has 3 N–H and O–H groups in total. The predicted octanol–water partition coefficient (Wildman–Crippen LogP) is 3.17. The predicted molar refractivity (Wildman–Crippen MR) is 72.3 cm³/mol. The van der Waals surface area contributed by atoms with Gasteiger partial charge in [0.05, 0.1) is 0 Å². The smallest absolute Gasteiger partial charge is 0.126 e. The highest BCUT2D eigenvalue weighted by Crippen LogP contribution is 2.31. The molecule has 1 fully saturated rings. The Morgan fingerprint density at radius 3 is 2.26 bits per heavy atom. The second-order valence-corrected chi connectivity index (χ2v) is 5.77. The molecule has 0 amide bonds. The molecule has 1 unspecified atom stereocenters. The molecule has 4 heteroatoms. The summed E-state index contributed by atoms with van der Waals surface area (Å²) < 4.78 is 26.4. The summed E-state index contributed by atoms with van der Waals surface area (Å²) in [6, 6.07) is 3.77. The maximum absolute atomic E-state index is 13.2. The van der Waals surface area contributed by atoms with Gasteiger partial charge in [0.25, 0.3) is 0 Å². The van der Waals surface area contributed by atoms with E-state index in [2.05, 4.69) is 12.3 Å². The van der Waals surface area contributed by atoms with Crippen LogP contribution in [-0.4, -0.2) is 6.04 Å². The summed E-state index contributed by atoms with van der Waals surface area (Å²) in [5.74, 6) is 5.85. The average molecular weight is 268 g/mol. The lowest BCUT2D eigenvalue weighted by Crippen LogP contribution is -2.43. The summed E-state index contributed by atoms with van der Waals surface area (Å²) in [5, 5.41) is 0. The van der Waals surface area contributed by atoms with Gasteiger partial charge in [-0.15, -0.1) is 0 Å². The molecule has 0 bridgehead atoms. The topological polar surface area (TPSA) is 38.0 Å². The number of hydrogen-bond acceptors (Lipinski definition) is 2. The number of hydrazine groups is 1. The Morgan fingerprint density at radius 1 is 1.16 bits per heavy atom. The van der Waals surface area contributed by atoms with Crippen LogP contribution >= 0.6 is 0 Å². The highest BCUT2D eigenvalue weighted by atomic mass is 19.1. The fourth-order valence-electron chi connectivity index (χ4n) is 3.03. The first-order valence-electron chi connectivity index (χ1n) is 6.99. The van der Waals surface area contributed by atoms with E-state index in [1.165, 1.54) is 25.0 Å². The van der Waals surface area contributed by atoms with Crippen LogP contribution in [0.15, 0.2) is 18.2 Å². The van der Waals surface area contributed by atoms with Crippen LogP contribution in [0.4, 0.5) is 8.78 Å². The van der Waals surface area contributed by atoms with Crippen molar-refractivity contribution in [1.82, 2.24) is 5.43 Å². The van der Waals surface area contributed by atoms with Crippen molar-refractivity contribution in [3.8, 4) is 0 Å². The van der Waals surface area contributed by atoms with Crippen molar-refractivity contribution < 1.29 is 8.78 Å². The van der Waals surface area contributed by atoms with Gasteiger partial charge in [0, 0.05) is 12.1 Å². The number of nitrogens with one attached hydrogen (secondary N) is 1. The molecule has 0 radical (unpaired) electrons. The van der Waals surface area contributed by atoms with Crippen LogP contribution in [0.25, 0.3) is 0 Å². The van der Waals surface area contributed by atoms with Crippen molar-refractivity contribution in [2.75, 3.05) is 0 Å². The number of rotatable bonds is 4. The summed E-state index contributed by atoms with van der Waals surface area (Å²) in [7, 11) is 0. The summed E-state index contributed by atoms with van der Waals surface area (Å²) >= 11 is 0. The summed E-state index contributed by atoms with van der Waals surface area (Å²) in [4.78, 5) is 0. The lowest BCUT2D eigenvalue weighted by molar-refractivity contribution is 0.229. The van der Waals surface area contributed by atoms with Gasteiger partial charge in [-0.2, -0.15) is 0 Å². The van der Waals surface area contributed by atoms with Crippen LogP contribution in [0.2, 0.25) is 0 Å². The third kappa shape index (κ3) is 3.98. The van der Waals surface area contributed by atoms with Crippen molar-refractivity contribution in [3.63, 3.8) is 0 Å². The Labute approximate surface area is 113 Å². The first-order chi connectivity index (χ1) is 9.08. The minimum absolute atomic E-state index is 0.0914. The number of benzene rings is 1. The second-order valence-electron chi connectivity index (χ2n) is 5.77. The minimum atomic E-state index is -0.525. The molecule has 0 aromatic heterocycles. The van der Waals surface area contributed by atoms with Gasteiger partial charge in [-0.25, -0.2) is 8.78 Å². The highest BCUT2D eigenvalue weighted by Gasteiger charge is 2.25. The van der Waals surface area contributed by atoms with Crippen LogP contribution in [-0.2, 0) is 6.42 Å². The molecule has 2 nitrogen and oxygen atoms in total. The average Bonchev–Trinajstić information content (AvgIpc) is 2.36. The van der Waals surface area contributed by atoms with Crippen LogP contribution in [0.3, 0.4) is 0 Å². The maximum Gasteiger partial charge on any atom is 0.126 e. The largest absolute Gasteiger partial charge is 0.271 e. The third-order valence-electron chi connectivity index (χ3n) is 4.22. The molecule has 1 aliphatic rings. The molecule has 0 saturated heterocycles. The van der Waals surface area contributed by atoms with Crippen LogP contribution in [0.1, 0.15) is 38.2 Å². The molecule has 1 aromatic carbocycles. The van der Waals surface area contributed by atoms with Crippen LogP contribution < -0.4 is 11.3 Å². The van der Waals surface area contributed by atoms with Gasteiger partial charge in [0.15, 0.2) is 0 Å². The van der Waals surface area contributed by atoms with E-state index in [0.717, 1.165) is 24.8 Å². The van der Waals surface area contributed by atoms with Gasteiger partial charge in [-0.05, 0) is 48.8 Å². The molecule has 1 atom stereocenters. The van der Waals surface area contributed by atoms with E-state index in [1.807, 2.05) is 0 Å². The van der Waals surface area contributed by atoms with E-state index in [4.69, 9.17) is 5.84 Å². The molecule has 2 rings (SSSR count). The number of halogens is 2. The zero-order chi connectivity index (χ0) is 13.8. The fraction of sp³-hybridized carbons (Fsp3) is 0.600. The summed E-state index contributed by atoms with van der Waals surface area (Å²) in [6.07, 6.45) is 5.26. The van der Waals surface area contributed by atoms with Gasteiger partial charge < -0.3 is 0 Å². The normalized spacial score (nSPS) is 25.3. The number of hydrogen-bond donors (Lipinski definition) is 2. The zero-order valence-electron chi connectivity index (χ0n) is 11.3. The van der Waals surface area contributed by atoms with E-state index < -0.39 is 11.6 Å². The van der Waals surface area contributed by atoms with Crippen LogP contribution in [0, 0.1) is 23.5 Å². The minimum Gasteiger partial charge on any atom is -0.271 e. The van der Waals surface area contributed by atoms with E-state index in [9.17, 15) is 8.78 Å². The Kier molecular flexibility index (Phi) is 4.88. The monoisotopic (exact) mass is 268 g/mol. The Morgan fingerprint density at radius 2 is 1.74 bits per heavy atom. The Hall–Kier alpha value is -1.00. The van der Waals surface area contributed by atoms with Gasteiger partial charge in [-0.1, -0.05) is 19.8 Å². The SMILES string of the molecule is CC1CCC(C(Cc2cc(F)cc(F)c2)NN)CC1. The van der Waals surface area contributed by atoms with Crippen molar-refractivity contribution in [3.05, 3.63) is 35.4 Å². The van der Waals surface area contributed by atoms with Gasteiger partial charge >= 0.3 is 0 Å². The second kappa shape index (κ2) is 6.44. The molecule has 0 spiro atoms. The molecule has 0 heterocycles. The van der Waals surface area contributed by atoms with Gasteiger partial charge in [0.2, 0.25) is 0 Å². The number of nitrogens with two attached hydrogens (primary N) is 1. The van der Waals surface area contributed by atoms with E-state index >= 15 is 0 Å². The van der Waals surface area contributed by atoms with Crippen molar-refractivity contribution in [2.24, 2.45) is 17.7 Å². The molecule has 19 heavy (non-hydrogen) atoms. The Bertz CT molecular complexity index is 394. The molecule has 1 saturated carbocycles. The lowest BCUT2D eigenvalue weighted by Gasteiger charge is -2.32. The molecule has 0 aliphatic heterocycles. The maximum atomic E-state index is 13.2. The fourth-order valence-corrected chi connectivity index (χ4v) is 3.03. The van der Waals surface area contributed by atoms with E-state index in [-0.39, 0.29) is 6.04 Å². The molecule has 106 valence electrons. The van der Waals surface area contributed by atoms with E-state index in [0.29, 0.717) is 17.9 Å². The van der Waals surface area contributed by atoms with Crippen molar-refractivity contribution >= 4 is 0 Å². The molecular formula is C15H22F2N2. The van der Waals surface area contributed by atoms with Crippen molar-refractivity contribution in [2.45, 2.75) is 45.1 Å². The lowest BCUT2D eigenvalue weighted by atomic mass is 9.78. The summed E-state index contributed by atoms with van der Waals surface area (Å²) in [5.41, 5.74) is 3.49. The van der Waals surface area contributed by atoms with E-state index in [1.54, 1.807) is 0 Å². The molecule has 1 aliphatic carbocycles. The third-order valence-corrected chi connectivity index (χ3v) is 4.22. The quantitative estimate of drug-likeness (QED) is 0.650. The first-order valence-corrected chi connectivity index (χ1v) is 6.99. The van der Waals surface area contributed by atoms with Crippen molar-refractivity contribution in [1.29, 1.82) is 0 Å². The van der Waals surface area contributed by atoms with Gasteiger partial charge in [0.1, 0.15) is 11.6 Å². The molecule has 1 aromatic rings. The standard InChI is InChI=1S/C15H22F2N2/c1-10-2-4-12(5-3-10)15(19-18)8-11-6-13(16)9-14(17)7-11/h6-7,9-10,12,15,19H,2-5,8,18H2,1H3. The highest BCUT2D eigenvalue weighted by molar-refractivity contribution is 5.19.